The van der Waals surface area contributed by atoms with Crippen molar-refractivity contribution < 1.29 is 9.53 Å². The Morgan fingerprint density at radius 3 is 2.47 bits per heavy atom. The second kappa shape index (κ2) is 9.26. The van der Waals surface area contributed by atoms with Crippen LogP contribution in [0.5, 0.6) is 5.75 Å². The van der Waals surface area contributed by atoms with Gasteiger partial charge in [-0.3, -0.25) is 4.79 Å². The van der Waals surface area contributed by atoms with Crippen molar-refractivity contribution in [3.05, 3.63) is 28.2 Å². The first-order valence-corrected chi connectivity index (χ1v) is 6.34. The van der Waals surface area contributed by atoms with E-state index in [1.807, 2.05) is 6.92 Å². The molecule has 1 rings (SSSR count). The lowest BCUT2D eigenvalue weighted by Crippen LogP contribution is -2.32. The zero-order valence-electron chi connectivity index (χ0n) is 10.5. The molecule has 0 aliphatic carbocycles. The van der Waals surface area contributed by atoms with Crippen molar-refractivity contribution in [3.63, 3.8) is 0 Å². The number of benzene rings is 1. The fraction of sp³-hybridized carbons (Fsp3) is 0.417. The van der Waals surface area contributed by atoms with E-state index in [-0.39, 0.29) is 31.0 Å². The number of rotatable bonds is 6. The van der Waals surface area contributed by atoms with E-state index in [9.17, 15) is 4.79 Å². The van der Waals surface area contributed by atoms with Crippen LogP contribution >= 0.6 is 35.6 Å². The highest BCUT2D eigenvalue weighted by atomic mass is 35.5. The van der Waals surface area contributed by atoms with Gasteiger partial charge in [-0.25, -0.2) is 0 Å². The Hall–Kier alpha value is -0.680. The molecule has 0 heterocycles. The van der Waals surface area contributed by atoms with Gasteiger partial charge in [0.25, 0.3) is 5.91 Å². The minimum Gasteiger partial charge on any atom is -0.484 e. The smallest absolute Gasteiger partial charge is 0.257 e. The molecule has 1 aromatic carbocycles. The third-order valence-electron chi connectivity index (χ3n) is 2.13. The third kappa shape index (κ3) is 8.16. The Morgan fingerprint density at radius 2 is 1.95 bits per heavy atom. The quantitative estimate of drug-likeness (QED) is 0.844. The van der Waals surface area contributed by atoms with Gasteiger partial charge in [0.15, 0.2) is 6.61 Å². The van der Waals surface area contributed by atoms with E-state index in [1.165, 1.54) is 0 Å². The van der Waals surface area contributed by atoms with Crippen molar-refractivity contribution in [2.24, 2.45) is 5.73 Å². The highest BCUT2D eigenvalue weighted by Gasteiger charge is 2.04. The van der Waals surface area contributed by atoms with Crippen molar-refractivity contribution in [1.82, 2.24) is 5.32 Å². The topological polar surface area (TPSA) is 64.3 Å². The van der Waals surface area contributed by atoms with Gasteiger partial charge in [-0.15, -0.1) is 12.4 Å². The van der Waals surface area contributed by atoms with Gasteiger partial charge in [0, 0.05) is 22.6 Å². The summed E-state index contributed by atoms with van der Waals surface area (Å²) >= 11 is 11.6. The van der Waals surface area contributed by atoms with E-state index in [1.54, 1.807) is 18.2 Å². The first kappa shape index (κ1) is 18.3. The molecular weight excluding hydrogens is 311 g/mol. The average Bonchev–Trinajstić information content (AvgIpc) is 2.24. The van der Waals surface area contributed by atoms with E-state index >= 15 is 0 Å². The molecule has 0 fully saturated rings. The average molecular weight is 328 g/mol. The van der Waals surface area contributed by atoms with E-state index in [0.29, 0.717) is 22.3 Å². The SMILES string of the molecule is CC(N)CCNC(=O)COc1cc(Cl)cc(Cl)c1.Cl. The maximum Gasteiger partial charge on any atom is 0.257 e. The van der Waals surface area contributed by atoms with Gasteiger partial charge >= 0.3 is 0 Å². The van der Waals surface area contributed by atoms with Gasteiger partial charge in [0.05, 0.1) is 0 Å². The fourth-order valence-electron chi connectivity index (χ4n) is 1.25. The van der Waals surface area contributed by atoms with Gasteiger partial charge in [-0.2, -0.15) is 0 Å². The molecule has 0 aliphatic heterocycles. The Morgan fingerprint density at radius 1 is 1.37 bits per heavy atom. The number of ether oxygens (including phenoxy) is 1. The van der Waals surface area contributed by atoms with Crippen molar-refractivity contribution >= 4 is 41.5 Å². The highest BCUT2D eigenvalue weighted by molar-refractivity contribution is 6.34. The summed E-state index contributed by atoms with van der Waals surface area (Å²) in [7, 11) is 0. The predicted molar refractivity (Wildman–Crippen MR) is 80.5 cm³/mol. The van der Waals surface area contributed by atoms with Crippen molar-refractivity contribution in [1.29, 1.82) is 0 Å². The van der Waals surface area contributed by atoms with Crippen molar-refractivity contribution in [2.75, 3.05) is 13.2 Å². The maximum absolute atomic E-state index is 11.4. The Labute approximate surface area is 129 Å². The Kier molecular flexibility index (Phi) is 8.93. The molecular formula is C12H17Cl3N2O2. The predicted octanol–water partition coefficient (Wildman–Crippen LogP) is 2.65. The van der Waals surface area contributed by atoms with Gasteiger partial charge in [0.1, 0.15) is 5.75 Å². The van der Waals surface area contributed by atoms with Crippen LogP contribution < -0.4 is 15.8 Å². The number of hydrogen-bond donors (Lipinski definition) is 2. The van der Waals surface area contributed by atoms with Crippen LogP contribution in [-0.4, -0.2) is 25.1 Å². The fourth-order valence-corrected chi connectivity index (χ4v) is 1.76. The summed E-state index contributed by atoms with van der Waals surface area (Å²) in [5.41, 5.74) is 5.57. The number of carbonyl (C=O) groups is 1. The number of halogens is 3. The zero-order valence-corrected chi connectivity index (χ0v) is 12.8. The lowest BCUT2D eigenvalue weighted by Gasteiger charge is -2.09. The lowest BCUT2D eigenvalue weighted by molar-refractivity contribution is -0.123. The van der Waals surface area contributed by atoms with Crippen LogP contribution in [0, 0.1) is 0 Å². The van der Waals surface area contributed by atoms with Crippen molar-refractivity contribution in [3.8, 4) is 5.75 Å². The molecule has 0 saturated carbocycles. The molecule has 0 radical (unpaired) electrons. The number of nitrogens with one attached hydrogen (secondary N) is 1. The Bertz CT molecular complexity index is 394. The van der Waals surface area contributed by atoms with Crippen LogP contribution in [0.1, 0.15) is 13.3 Å². The molecule has 1 unspecified atom stereocenters. The minimum absolute atomic E-state index is 0. The molecule has 1 amide bonds. The first-order valence-electron chi connectivity index (χ1n) is 5.58. The molecule has 4 nitrogen and oxygen atoms in total. The second-order valence-electron chi connectivity index (χ2n) is 4.01. The summed E-state index contributed by atoms with van der Waals surface area (Å²) in [6.07, 6.45) is 0.731. The van der Waals surface area contributed by atoms with Crippen LogP contribution in [-0.2, 0) is 4.79 Å². The largest absolute Gasteiger partial charge is 0.484 e. The molecule has 1 atom stereocenters. The monoisotopic (exact) mass is 326 g/mol. The van der Waals surface area contributed by atoms with E-state index < -0.39 is 0 Å². The van der Waals surface area contributed by atoms with Gasteiger partial charge < -0.3 is 15.8 Å². The number of amides is 1. The lowest BCUT2D eigenvalue weighted by atomic mass is 10.2. The molecule has 19 heavy (non-hydrogen) atoms. The summed E-state index contributed by atoms with van der Waals surface area (Å²) in [4.78, 5) is 11.4. The normalized spacial score (nSPS) is 11.4. The van der Waals surface area contributed by atoms with Crippen LogP contribution in [0.2, 0.25) is 10.0 Å². The highest BCUT2D eigenvalue weighted by Crippen LogP contribution is 2.23. The molecule has 0 saturated heterocycles. The third-order valence-corrected chi connectivity index (χ3v) is 2.56. The number of carbonyl (C=O) groups excluding carboxylic acids is 1. The first-order chi connectivity index (χ1) is 8.47. The molecule has 0 aliphatic rings. The molecule has 7 heteroatoms. The van der Waals surface area contributed by atoms with Crippen LogP contribution in [0.4, 0.5) is 0 Å². The minimum atomic E-state index is -0.202. The molecule has 0 spiro atoms. The molecule has 1 aromatic rings. The molecule has 0 bridgehead atoms. The van der Waals surface area contributed by atoms with Crippen LogP contribution in [0.15, 0.2) is 18.2 Å². The summed E-state index contributed by atoms with van der Waals surface area (Å²) in [5.74, 6) is 0.265. The molecule has 108 valence electrons. The number of hydrogen-bond acceptors (Lipinski definition) is 3. The number of nitrogens with two attached hydrogens (primary N) is 1. The summed E-state index contributed by atoms with van der Waals surface area (Å²) < 4.78 is 5.27. The van der Waals surface area contributed by atoms with Gasteiger partial charge in [-0.05, 0) is 31.5 Å². The van der Waals surface area contributed by atoms with Gasteiger partial charge in [0.2, 0.25) is 0 Å². The molecule has 0 aromatic heterocycles. The van der Waals surface area contributed by atoms with Crippen LogP contribution in [0.3, 0.4) is 0 Å². The summed E-state index contributed by atoms with van der Waals surface area (Å²) in [6.45, 7) is 2.35. The van der Waals surface area contributed by atoms with Gasteiger partial charge in [-0.1, -0.05) is 23.2 Å². The second-order valence-corrected chi connectivity index (χ2v) is 4.88. The van der Waals surface area contributed by atoms with Crippen LogP contribution in [0.25, 0.3) is 0 Å². The zero-order chi connectivity index (χ0) is 13.5. The Balaban J connectivity index is 0.00000324. The van der Waals surface area contributed by atoms with Crippen molar-refractivity contribution in [2.45, 2.75) is 19.4 Å². The van der Waals surface area contributed by atoms with E-state index in [4.69, 9.17) is 33.7 Å². The maximum atomic E-state index is 11.4. The standard InChI is InChI=1S/C12H16Cl2N2O2.ClH/c1-8(15)2-3-16-12(17)7-18-11-5-9(13)4-10(14)6-11;/h4-6,8H,2-3,7,15H2,1H3,(H,16,17);1H. The van der Waals surface area contributed by atoms with E-state index in [0.717, 1.165) is 6.42 Å². The summed E-state index contributed by atoms with van der Waals surface area (Å²) in [6, 6.07) is 4.86. The molecule has 3 N–H and O–H groups in total. The van der Waals surface area contributed by atoms with E-state index in [2.05, 4.69) is 5.32 Å². The summed E-state index contributed by atoms with van der Waals surface area (Å²) in [5, 5.41) is 3.64.